The zero-order valence-corrected chi connectivity index (χ0v) is 16.5. The molecule has 0 aliphatic carbocycles. The number of fused-ring (bicyclic) bond motifs is 3. The van der Waals surface area contributed by atoms with Crippen molar-refractivity contribution in [2.24, 2.45) is 0 Å². The minimum Gasteiger partial charge on any atom is -0.456 e. The minimum atomic E-state index is -0.458. The van der Waals surface area contributed by atoms with E-state index >= 15 is 0 Å². The number of pyridine rings is 1. The molecule has 0 atom stereocenters. The van der Waals surface area contributed by atoms with Crippen molar-refractivity contribution in [3.63, 3.8) is 0 Å². The number of hydrogen-bond acceptors (Lipinski definition) is 4. The van der Waals surface area contributed by atoms with Gasteiger partial charge in [0.05, 0.1) is 16.9 Å². The summed E-state index contributed by atoms with van der Waals surface area (Å²) >= 11 is 0. The molecule has 140 valence electrons. The quantitative estimate of drug-likeness (QED) is 0.468. The van der Waals surface area contributed by atoms with Gasteiger partial charge in [-0.25, -0.2) is 0 Å². The predicted octanol–water partition coefficient (Wildman–Crippen LogP) is 4.95. The smallest absolute Gasteiger partial charge is 0.456 e. The monoisotopic (exact) mass is 371 g/mol. The fourth-order valence-corrected chi connectivity index (χ4v) is 3.69. The highest BCUT2D eigenvalue weighted by atomic mass is 16.7. The molecule has 0 spiro atoms. The third kappa shape index (κ3) is 2.58. The van der Waals surface area contributed by atoms with Crippen LogP contribution in [0.1, 0.15) is 27.7 Å². The second-order valence-electron chi connectivity index (χ2n) is 8.34. The molecule has 3 heterocycles. The van der Waals surface area contributed by atoms with Crippen molar-refractivity contribution < 1.29 is 13.7 Å². The lowest BCUT2D eigenvalue weighted by molar-refractivity contribution is 0.00578. The molecule has 5 heteroatoms. The molecule has 0 saturated carbocycles. The van der Waals surface area contributed by atoms with Gasteiger partial charge >= 0.3 is 7.12 Å². The molecule has 2 aromatic heterocycles. The topological polar surface area (TPSA) is 44.5 Å². The predicted molar refractivity (Wildman–Crippen MR) is 113 cm³/mol. The standard InChI is InChI=1S/C23H22BNO3/c1-22(2)23(3,4)28-24(27-22)18-9-7-13-25-21(18)15-11-12-17-16-8-5-6-10-19(16)26-20(17)14-15/h5-14H,1-4H3. The van der Waals surface area contributed by atoms with Crippen LogP contribution in [0.15, 0.2) is 65.2 Å². The number of aromatic nitrogens is 1. The van der Waals surface area contributed by atoms with E-state index in [9.17, 15) is 0 Å². The van der Waals surface area contributed by atoms with Gasteiger partial charge in [-0.2, -0.15) is 0 Å². The molecule has 0 bridgehead atoms. The van der Waals surface area contributed by atoms with Crippen LogP contribution in [0.25, 0.3) is 33.2 Å². The molecule has 0 N–H and O–H groups in total. The number of benzene rings is 2. The van der Waals surface area contributed by atoms with E-state index in [1.165, 1.54) is 0 Å². The maximum absolute atomic E-state index is 6.26. The van der Waals surface area contributed by atoms with E-state index in [1.807, 2.05) is 36.4 Å². The van der Waals surface area contributed by atoms with Crippen LogP contribution in [0.2, 0.25) is 0 Å². The van der Waals surface area contributed by atoms with Gasteiger partial charge in [-0.15, -0.1) is 0 Å². The van der Waals surface area contributed by atoms with Crippen LogP contribution in [0.4, 0.5) is 0 Å². The lowest BCUT2D eigenvalue weighted by Gasteiger charge is -2.32. The summed E-state index contributed by atoms with van der Waals surface area (Å²) in [5.41, 5.74) is 3.71. The van der Waals surface area contributed by atoms with E-state index < -0.39 is 18.3 Å². The SMILES string of the molecule is CC1(C)OB(c2cccnc2-c2ccc3c(c2)oc2ccccc23)OC1(C)C. The van der Waals surface area contributed by atoms with Gasteiger partial charge in [-0.05, 0) is 52.0 Å². The van der Waals surface area contributed by atoms with E-state index in [2.05, 4.69) is 50.9 Å². The Morgan fingerprint density at radius 1 is 0.786 bits per heavy atom. The Hall–Kier alpha value is -2.63. The van der Waals surface area contributed by atoms with Crippen LogP contribution < -0.4 is 5.46 Å². The molecule has 4 aromatic rings. The summed E-state index contributed by atoms with van der Waals surface area (Å²) in [7, 11) is -0.458. The third-order valence-electron chi connectivity index (χ3n) is 6.00. The van der Waals surface area contributed by atoms with Crippen molar-refractivity contribution in [2.75, 3.05) is 0 Å². The van der Waals surface area contributed by atoms with E-state index in [4.69, 9.17) is 13.7 Å². The Bertz CT molecular complexity index is 1180. The molecular weight excluding hydrogens is 349 g/mol. The average Bonchev–Trinajstić information content (AvgIpc) is 3.14. The van der Waals surface area contributed by atoms with Gasteiger partial charge in [0, 0.05) is 28.0 Å². The zero-order chi connectivity index (χ0) is 19.5. The first-order valence-corrected chi connectivity index (χ1v) is 9.58. The summed E-state index contributed by atoms with van der Waals surface area (Å²) in [6.07, 6.45) is 1.80. The molecule has 0 unspecified atom stereocenters. The van der Waals surface area contributed by atoms with Crippen molar-refractivity contribution in [1.82, 2.24) is 4.98 Å². The first kappa shape index (κ1) is 17.5. The Labute approximate surface area is 164 Å². The van der Waals surface area contributed by atoms with E-state index in [-0.39, 0.29) is 0 Å². The minimum absolute atomic E-state index is 0.395. The molecule has 1 saturated heterocycles. The highest BCUT2D eigenvalue weighted by molar-refractivity contribution is 6.63. The van der Waals surface area contributed by atoms with E-state index in [0.29, 0.717) is 0 Å². The van der Waals surface area contributed by atoms with Gasteiger partial charge in [-0.1, -0.05) is 30.3 Å². The molecule has 1 aliphatic rings. The summed E-state index contributed by atoms with van der Waals surface area (Å²) < 4.78 is 18.6. The Morgan fingerprint density at radius 3 is 2.29 bits per heavy atom. The summed E-state index contributed by atoms with van der Waals surface area (Å²) in [5.74, 6) is 0. The van der Waals surface area contributed by atoms with Crippen LogP contribution in [0.5, 0.6) is 0 Å². The second kappa shape index (κ2) is 5.93. The van der Waals surface area contributed by atoms with Crippen LogP contribution >= 0.6 is 0 Å². The molecule has 0 radical (unpaired) electrons. The second-order valence-corrected chi connectivity index (χ2v) is 8.34. The average molecular weight is 371 g/mol. The fourth-order valence-electron chi connectivity index (χ4n) is 3.69. The summed E-state index contributed by atoms with van der Waals surface area (Å²) in [5, 5.41) is 2.23. The summed E-state index contributed by atoms with van der Waals surface area (Å²) in [6.45, 7) is 8.24. The van der Waals surface area contributed by atoms with Crippen LogP contribution in [-0.4, -0.2) is 23.3 Å². The Balaban J connectivity index is 1.62. The normalized spacial score (nSPS) is 18.2. The largest absolute Gasteiger partial charge is 0.497 e. The van der Waals surface area contributed by atoms with Crippen LogP contribution in [0, 0.1) is 0 Å². The first-order chi connectivity index (χ1) is 13.4. The Kier molecular flexibility index (Phi) is 3.70. The van der Waals surface area contributed by atoms with Gasteiger partial charge in [0.2, 0.25) is 0 Å². The van der Waals surface area contributed by atoms with Crippen LogP contribution in [0.3, 0.4) is 0 Å². The first-order valence-electron chi connectivity index (χ1n) is 9.58. The molecule has 1 aliphatic heterocycles. The van der Waals surface area contributed by atoms with Gasteiger partial charge in [-0.3, -0.25) is 4.98 Å². The maximum Gasteiger partial charge on any atom is 0.497 e. The lowest BCUT2D eigenvalue weighted by Crippen LogP contribution is -2.41. The van der Waals surface area contributed by atoms with Crippen molar-refractivity contribution in [3.8, 4) is 11.3 Å². The number of furan rings is 1. The molecular formula is C23H22BNO3. The highest BCUT2D eigenvalue weighted by Gasteiger charge is 2.52. The highest BCUT2D eigenvalue weighted by Crippen LogP contribution is 2.37. The Morgan fingerprint density at radius 2 is 1.50 bits per heavy atom. The summed E-state index contributed by atoms with van der Waals surface area (Å²) in [6, 6.07) is 18.3. The number of rotatable bonds is 2. The molecule has 28 heavy (non-hydrogen) atoms. The number of hydrogen-bond donors (Lipinski definition) is 0. The molecule has 5 rings (SSSR count). The third-order valence-corrected chi connectivity index (χ3v) is 6.00. The number of nitrogens with zero attached hydrogens (tertiary/aromatic N) is 1. The molecule has 1 fully saturated rings. The van der Waals surface area contributed by atoms with Crippen molar-refractivity contribution in [2.45, 2.75) is 38.9 Å². The number of para-hydroxylation sites is 1. The molecule has 4 nitrogen and oxygen atoms in total. The van der Waals surface area contributed by atoms with Gasteiger partial charge in [0.1, 0.15) is 11.2 Å². The van der Waals surface area contributed by atoms with E-state index in [0.717, 1.165) is 38.7 Å². The van der Waals surface area contributed by atoms with Crippen molar-refractivity contribution >= 4 is 34.5 Å². The fraction of sp³-hybridized carbons (Fsp3) is 0.261. The van der Waals surface area contributed by atoms with Crippen LogP contribution in [-0.2, 0) is 9.31 Å². The molecule has 0 amide bonds. The van der Waals surface area contributed by atoms with Gasteiger partial charge in [0.15, 0.2) is 0 Å². The van der Waals surface area contributed by atoms with E-state index in [1.54, 1.807) is 6.20 Å². The molecule has 2 aromatic carbocycles. The van der Waals surface area contributed by atoms with Gasteiger partial charge < -0.3 is 13.7 Å². The van der Waals surface area contributed by atoms with Crippen molar-refractivity contribution in [3.05, 3.63) is 60.8 Å². The lowest BCUT2D eigenvalue weighted by atomic mass is 9.76. The van der Waals surface area contributed by atoms with Gasteiger partial charge in [0.25, 0.3) is 0 Å². The zero-order valence-electron chi connectivity index (χ0n) is 16.5. The summed E-state index contributed by atoms with van der Waals surface area (Å²) in [4.78, 5) is 4.65. The maximum atomic E-state index is 6.26. The van der Waals surface area contributed by atoms with Crippen molar-refractivity contribution in [1.29, 1.82) is 0 Å².